The van der Waals surface area contributed by atoms with E-state index in [-0.39, 0.29) is 13.0 Å². The zero-order valence-corrected chi connectivity index (χ0v) is 22.7. The molecule has 0 bridgehead atoms. The minimum Gasteiger partial charge on any atom is -0.491 e. The first-order valence-electron chi connectivity index (χ1n) is 12.8. The Balaban J connectivity index is 1.69. The van der Waals surface area contributed by atoms with Gasteiger partial charge in [-0.05, 0) is 98.3 Å². The largest absolute Gasteiger partial charge is 0.491 e. The molecule has 0 fully saturated rings. The molecule has 0 aliphatic heterocycles. The standard InChI is InChI=1S/C31H38O7/c1-6-36-27(17-29(33)34)23-10-12-25(13-11-23)37-18-22-8-7-9-24(16-22)30-20(2)14-26(15-21(30)3)38-19-28(32)31(4,5)35/h7-16,27-28,32,35H,6,17-19H2,1-5H3,(H,33,34)/t27-,28?/m0/s1. The van der Waals surface area contributed by atoms with Gasteiger partial charge in [0.15, 0.2) is 0 Å². The molecular formula is C31H38O7. The van der Waals surface area contributed by atoms with Gasteiger partial charge in [0, 0.05) is 6.61 Å². The van der Waals surface area contributed by atoms with Crippen LogP contribution in [-0.2, 0) is 16.1 Å². The molecular weight excluding hydrogens is 484 g/mol. The fourth-order valence-corrected chi connectivity index (χ4v) is 4.24. The van der Waals surface area contributed by atoms with Gasteiger partial charge in [-0.1, -0.05) is 30.3 Å². The molecule has 0 saturated heterocycles. The predicted octanol–water partition coefficient (Wildman–Crippen LogP) is 5.61. The van der Waals surface area contributed by atoms with Crippen molar-refractivity contribution in [3.8, 4) is 22.6 Å². The number of hydrogen-bond acceptors (Lipinski definition) is 6. The Morgan fingerprint density at radius 3 is 2.18 bits per heavy atom. The molecule has 0 radical (unpaired) electrons. The third-order valence-corrected chi connectivity index (χ3v) is 6.33. The van der Waals surface area contributed by atoms with Crippen LogP contribution in [0, 0.1) is 13.8 Å². The number of rotatable bonds is 13. The summed E-state index contributed by atoms with van der Waals surface area (Å²) in [5, 5.41) is 29.1. The molecule has 0 heterocycles. The van der Waals surface area contributed by atoms with Gasteiger partial charge in [0.25, 0.3) is 0 Å². The number of hydrogen-bond donors (Lipinski definition) is 3. The van der Waals surface area contributed by atoms with Crippen molar-refractivity contribution >= 4 is 5.97 Å². The highest BCUT2D eigenvalue weighted by molar-refractivity contribution is 5.72. The fourth-order valence-electron chi connectivity index (χ4n) is 4.24. The third kappa shape index (κ3) is 8.05. The molecule has 0 aliphatic rings. The highest BCUT2D eigenvalue weighted by Crippen LogP contribution is 2.32. The van der Waals surface area contributed by atoms with Crippen molar-refractivity contribution < 1.29 is 34.3 Å². The van der Waals surface area contributed by atoms with E-state index in [1.165, 1.54) is 0 Å². The predicted molar refractivity (Wildman–Crippen MR) is 147 cm³/mol. The summed E-state index contributed by atoms with van der Waals surface area (Å²) in [4.78, 5) is 11.1. The molecule has 3 aromatic carbocycles. The number of aryl methyl sites for hydroxylation is 2. The zero-order valence-electron chi connectivity index (χ0n) is 22.7. The van der Waals surface area contributed by atoms with Gasteiger partial charge in [-0.15, -0.1) is 0 Å². The summed E-state index contributed by atoms with van der Waals surface area (Å²) in [7, 11) is 0. The molecule has 3 aromatic rings. The Morgan fingerprint density at radius 2 is 1.61 bits per heavy atom. The molecule has 1 unspecified atom stereocenters. The normalized spacial score (nSPS) is 13.1. The summed E-state index contributed by atoms with van der Waals surface area (Å²) in [5.41, 5.74) is 4.82. The average Bonchev–Trinajstić information content (AvgIpc) is 2.85. The minimum absolute atomic E-state index is 0.00136. The molecule has 2 atom stereocenters. The lowest BCUT2D eigenvalue weighted by atomic mass is 9.94. The fraction of sp³-hybridized carbons (Fsp3) is 0.387. The number of benzene rings is 3. The second kappa shape index (κ2) is 12.9. The number of aliphatic hydroxyl groups excluding tert-OH is 1. The van der Waals surface area contributed by atoms with E-state index in [0.717, 1.165) is 33.4 Å². The molecule has 7 nitrogen and oxygen atoms in total. The Kier molecular flexibility index (Phi) is 9.91. The molecule has 38 heavy (non-hydrogen) atoms. The molecule has 3 rings (SSSR count). The van der Waals surface area contributed by atoms with Gasteiger partial charge < -0.3 is 29.5 Å². The number of aliphatic carboxylic acids is 1. The van der Waals surface area contributed by atoms with Crippen molar-refractivity contribution in [1.82, 2.24) is 0 Å². The number of carboxylic acid groups (broad SMARTS) is 1. The van der Waals surface area contributed by atoms with Gasteiger partial charge in [0.05, 0.1) is 18.1 Å². The zero-order chi connectivity index (χ0) is 27.9. The van der Waals surface area contributed by atoms with Crippen LogP contribution in [0.15, 0.2) is 60.7 Å². The summed E-state index contributed by atoms with van der Waals surface area (Å²) in [6, 6.07) is 19.4. The summed E-state index contributed by atoms with van der Waals surface area (Å²) in [6.45, 7) is 9.80. The van der Waals surface area contributed by atoms with Crippen LogP contribution in [0.5, 0.6) is 11.5 Å². The van der Waals surface area contributed by atoms with Crippen molar-refractivity contribution in [2.24, 2.45) is 0 Å². The van der Waals surface area contributed by atoms with Crippen molar-refractivity contribution in [3.63, 3.8) is 0 Å². The van der Waals surface area contributed by atoms with Crippen LogP contribution in [0.2, 0.25) is 0 Å². The van der Waals surface area contributed by atoms with Crippen LogP contribution in [0.3, 0.4) is 0 Å². The van der Waals surface area contributed by atoms with Crippen LogP contribution in [0.1, 0.15) is 55.5 Å². The maximum absolute atomic E-state index is 11.1. The molecule has 0 aliphatic carbocycles. The lowest BCUT2D eigenvalue weighted by molar-refractivity contribution is -0.140. The first kappa shape index (κ1) is 29.2. The quantitative estimate of drug-likeness (QED) is 0.268. The van der Waals surface area contributed by atoms with Crippen molar-refractivity contribution in [2.75, 3.05) is 13.2 Å². The molecule has 0 saturated carbocycles. The van der Waals surface area contributed by atoms with Crippen molar-refractivity contribution in [3.05, 3.63) is 82.9 Å². The van der Waals surface area contributed by atoms with Gasteiger partial charge in [-0.3, -0.25) is 4.79 Å². The number of ether oxygens (including phenoxy) is 3. The van der Waals surface area contributed by atoms with E-state index in [1.54, 1.807) is 13.8 Å². The van der Waals surface area contributed by atoms with E-state index >= 15 is 0 Å². The van der Waals surface area contributed by atoms with Crippen LogP contribution in [0.4, 0.5) is 0 Å². The van der Waals surface area contributed by atoms with E-state index in [1.807, 2.05) is 69.3 Å². The molecule has 0 amide bonds. The van der Waals surface area contributed by atoms with Gasteiger partial charge in [-0.25, -0.2) is 0 Å². The van der Waals surface area contributed by atoms with Crippen LogP contribution >= 0.6 is 0 Å². The second-order valence-electron chi connectivity index (χ2n) is 10.0. The van der Waals surface area contributed by atoms with Crippen LogP contribution < -0.4 is 9.47 Å². The SMILES string of the molecule is CCO[C@@H](CC(=O)O)c1ccc(OCc2cccc(-c3c(C)cc(OCC(O)C(C)(C)O)cc3C)c2)cc1. The Hall–Kier alpha value is -3.39. The van der Waals surface area contributed by atoms with Gasteiger partial charge in [-0.2, -0.15) is 0 Å². The summed E-state index contributed by atoms with van der Waals surface area (Å²) in [5.74, 6) is 0.428. The van der Waals surface area contributed by atoms with E-state index in [2.05, 4.69) is 12.1 Å². The molecule has 7 heteroatoms. The number of aliphatic hydroxyl groups is 2. The van der Waals surface area contributed by atoms with Gasteiger partial charge >= 0.3 is 5.97 Å². The minimum atomic E-state index is -1.24. The lowest BCUT2D eigenvalue weighted by Crippen LogP contribution is -2.40. The van der Waals surface area contributed by atoms with E-state index in [9.17, 15) is 15.0 Å². The number of carbonyl (C=O) groups is 1. The van der Waals surface area contributed by atoms with Crippen molar-refractivity contribution in [1.29, 1.82) is 0 Å². The highest BCUT2D eigenvalue weighted by Gasteiger charge is 2.25. The van der Waals surface area contributed by atoms with Crippen LogP contribution in [0.25, 0.3) is 11.1 Å². The second-order valence-corrected chi connectivity index (χ2v) is 10.0. The lowest BCUT2D eigenvalue weighted by Gasteiger charge is -2.24. The summed E-state index contributed by atoms with van der Waals surface area (Å²) >= 11 is 0. The monoisotopic (exact) mass is 522 g/mol. The molecule has 0 aromatic heterocycles. The number of carboxylic acids is 1. The highest BCUT2D eigenvalue weighted by atomic mass is 16.5. The maximum atomic E-state index is 11.1. The topological polar surface area (TPSA) is 105 Å². The molecule has 204 valence electrons. The first-order chi connectivity index (χ1) is 18.0. The van der Waals surface area contributed by atoms with Crippen LogP contribution in [-0.4, -0.2) is 46.2 Å². The molecule has 0 spiro atoms. The summed E-state index contributed by atoms with van der Waals surface area (Å²) in [6.07, 6.45) is -1.57. The average molecular weight is 523 g/mol. The first-order valence-corrected chi connectivity index (χ1v) is 12.8. The molecule has 3 N–H and O–H groups in total. The maximum Gasteiger partial charge on any atom is 0.306 e. The Morgan fingerprint density at radius 1 is 0.947 bits per heavy atom. The smallest absolute Gasteiger partial charge is 0.306 e. The Bertz CT molecular complexity index is 1190. The van der Waals surface area contributed by atoms with E-state index < -0.39 is 23.8 Å². The Labute approximate surface area is 224 Å². The van der Waals surface area contributed by atoms with E-state index in [0.29, 0.717) is 24.7 Å². The van der Waals surface area contributed by atoms with Gasteiger partial charge in [0.1, 0.15) is 30.8 Å². The van der Waals surface area contributed by atoms with Gasteiger partial charge in [0.2, 0.25) is 0 Å². The third-order valence-electron chi connectivity index (χ3n) is 6.33. The van der Waals surface area contributed by atoms with E-state index in [4.69, 9.17) is 19.3 Å². The van der Waals surface area contributed by atoms with Crippen molar-refractivity contribution in [2.45, 2.75) is 65.5 Å². The summed E-state index contributed by atoms with van der Waals surface area (Å²) < 4.78 is 17.3.